The molecule has 1 saturated carbocycles. The van der Waals surface area contributed by atoms with Crippen molar-refractivity contribution in [2.24, 2.45) is 0 Å². The minimum Gasteiger partial charge on any atom is -0.490 e. The third kappa shape index (κ3) is 3.62. The number of hydrogen-bond acceptors (Lipinski definition) is 5. The van der Waals surface area contributed by atoms with Crippen LogP contribution in [0.4, 0.5) is 0 Å². The van der Waals surface area contributed by atoms with Crippen molar-refractivity contribution < 1.29 is 19.1 Å². The average molecular weight is 432 g/mol. The maximum Gasteiger partial charge on any atom is 0.262 e. The summed E-state index contributed by atoms with van der Waals surface area (Å²) < 4.78 is 6.27. The molecule has 1 fully saturated rings. The van der Waals surface area contributed by atoms with Gasteiger partial charge in [-0.2, -0.15) is 5.10 Å². The van der Waals surface area contributed by atoms with Gasteiger partial charge in [-0.15, -0.1) is 0 Å². The van der Waals surface area contributed by atoms with Crippen LogP contribution in [-0.4, -0.2) is 51.5 Å². The first-order chi connectivity index (χ1) is 15.5. The highest BCUT2D eigenvalue weighted by molar-refractivity contribution is 6.22. The zero-order valence-electron chi connectivity index (χ0n) is 17.8. The molecule has 1 aromatic heterocycles. The second-order valence-corrected chi connectivity index (χ2v) is 8.43. The number of H-pyrrole nitrogens is 1. The van der Waals surface area contributed by atoms with Crippen molar-refractivity contribution in [2.75, 3.05) is 6.54 Å². The number of carbonyl (C=O) groups excluding carboxylic acids is 3. The average Bonchev–Trinajstić information content (AvgIpc) is 3.36. The number of amides is 3. The van der Waals surface area contributed by atoms with Gasteiger partial charge < -0.3 is 10.1 Å². The molecule has 32 heavy (non-hydrogen) atoms. The van der Waals surface area contributed by atoms with Gasteiger partial charge in [0.1, 0.15) is 18.4 Å². The first-order valence-electron chi connectivity index (χ1n) is 10.8. The van der Waals surface area contributed by atoms with E-state index in [2.05, 4.69) is 15.5 Å². The molecule has 8 nitrogen and oxygen atoms in total. The maximum atomic E-state index is 12.6. The first-order valence-corrected chi connectivity index (χ1v) is 10.8. The Kier molecular flexibility index (Phi) is 5.13. The van der Waals surface area contributed by atoms with Crippen molar-refractivity contribution in [2.45, 2.75) is 44.8 Å². The van der Waals surface area contributed by atoms with E-state index < -0.39 is 11.8 Å². The van der Waals surface area contributed by atoms with E-state index in [4.69, 9.17) is 4.74 Å². The van der Waals surface area contributed by atoms with E-state index in [0.717, 1.165) is 46.4 Å². The van der Waals surface area contributed by atoms with E-state index in [0.29, 0.717) is 17.5 Å². The van der Waals surface area contributed by atoms with Crippen LogP contribution in [0.15, 0.2) is 42.6 Å². The van der Waals surface area contributed by atoms with Crippen LogP contribution in [0.3, 0.4) is 0 Å². The molecule has 3 aromatic rings. The van der Waals surface area contributed by atoms with Gasteiger partial charge in [0, 0.05) is 23.4 Å². The third-order valence-electron chi connectivity index (χ3n) is 6.31. The lowest BCUT2D eigenvalue weighted by Crippen LogP contribution is -2.46. The molecule has 5 rings (SSSR count). The molecule has 2 aromatic carbocycles. The van der Waals surface area contributed by atoms with Crippen LogP contribution in [0.1, 0.15) is 52.0 Å². The number of fused-ring (bicyclic) bond motifs is 2. The number of carbonyl (C=O) groups is 3. The molecule has 8 heteroatoms. The fourth-order valence-corrected chi connectivity index (χ4v) is 4.63. The lowest BCUT2D eigenvalue weighted by Gasteiger charge is -2.31. The molecule has 1 aliphatic heterocycles. The Bertz CT molecular complexity index is 1180. The predicted octanol–water partition coefficient (Wildman–Crippen LogP) is 2.97. The number of ether oxygens (including phenoxy) is 1. The predicted molar refractivity (Wildman–Crippen MR) is 117 cm³/mol. The minimum atomic E-state index is -0.421. The van der Waals surface area contributed by atoms with Gasteiger partial charge in [-0.05, 0) is 50.5 Å². The molecule has 1 aliphatic carbocycles. The topological polar surface area (TPSA) is 104 Å². The van der Waals surface area contributed by atoms with Crippen LogP contribution >= 0.6 is 0 Å². The maximum absolute atomic E-state index is 12.6. The molecular formula is C24H24N4O4. The number of aryl methyl sites for hydroxylation is 1. The number of nitrogens with zero attached hydrogens (tertiary/aromatic N) is 2. The third-order valence-corrected chi connectivity index (χ3v) is 6.31. The number of rotatable bonds is 5. The molecule has 2 aliphatic rings. The molecule has 2 N–H and O–H groups in total. The SMILES string of the molecule is Cc1c(O[C@@H]2CCC[C@H](NC(=O)CN3C(=O)c4ccccc4C3=O)C2)ccc2[nH]ncc12. The Morgan fingerprint density at radius 1 is 1.16 bits per heavy atom. The second kappa shape index (κ2) is 8.11. The van der Waals surface area contributed by atoms with Crippen LogP contribution in [0, 0.1) is 6.92 Å². The van der Waals surface area contributed by atoms with Crippen molar-refractivity contribution in [3.05, 3.63) is 59.3 Å². The number of hydrogen-bond donors (Lipinski definition) is 2. The summed E-state index contributed by atoms with van der Waals surface area (Å²) in [6.45, 7) is 1.74. The fraction of sp³-hybridized carbons (Fsp3) is 0.333. The van der Waals surface area contributed by atoms with Crippen LogP contribution in [-0.2, 0) is 4.79 Å². The molecule has 3 amide bonds. The van der Waals surface area contributed by atoms with E-state index in [9.17, 15) is 14.4 Å². The first kappa shape index (κ1) is 20.2. The Morgan fingerprint density at radius 2 is 1.91 bits per heavy atom. The van der Waals surface area contributed by atoms with Gasteiger partial charge in [-0.25, -0.2) is 0 Å². The van der Waals surface area contributed by atoms with Gasteiger partial charge in [0.25, 0.3) is 11.8 Å². The van der Waals surface area contributed by atoms with Gasteiger partial charge in [0.2, 0.25) is 5.91 Å². The minimum absolute atomic E-state index is 0.0172. The van der Waals surface area contributed by atoms with Crippen molar-refractivity contribution in [1.29, 1.82) is 0 Å². The molecule has 164 valence electrons. The van der Waals surface area contributed by atoms with Crippen LogP contribution in [0.5, 0.6) is 5.75 Å². The summed E-state index contributed by atoms with van der Waals surface area (Å²) in [5, 5.41) is 11.1. The second-order valence-electron chi connectivity index (χ2n) is 8.43. The summed E-state index contributed by atoms with van der Waals surface area (Å²) in [5.74, 6) is -0.352. The zero-order chi connectivity index (χ0) is 22.2. The summed E-state index contributed by atoms with van der Waals surface area (Å²) in [7, 11) is 0. The summed E-state index contributed by atoms with van der Waals surface area (Å²) in [4.78, 5) is 38.6. The summed E-state index contributed by atoms with van der Waals surface area (Å²) in [6, 6.07) is 10.5. The smallest absolute Gasteiger partial charge is 0.262 e. The van der Waals surface area contributed by atoms with Crippen LogP contribution in [0.2, 0.25) is 0 Å². The molecular weight excluding hydrogens is 408 g/mol. The number of imide groups is 1. The van der Waals surface area contributed by atoms with Crippen molar-refractivity contribution in [3.63, 3.8) is 0 Å². The van der Waals surface area contributed by atoms with Crippen molar-refractivity contribution >= 4 is 28.6 Å². The molecule has 2 heterocycles. The van der Waals surface area contributed by atoms with Crippen molar-refractivity contribution in [1.82, 2.24) is 20.4 Å². The van der Waals surface area contributed by atoms with E-state index in [-0.39, 0.29) is 24.6 Å². The molecule has 0 bridgehead atoms. The lowest BCUT2D eigenvalue weighted by atomic mass is 9.92. The van der Waals surface area contributed by atoms with E-state index in [1.807, 2.05) is 19.1 Å². The van der Waals surface area contributed by atoms with Gasteiger partial charge in [-0.1, -0.05) is 12.1 Å². The monoisotopic (exact) mass is 432 g/mol. The van der Waals surface area contributed by atoms with Crippen molar-refractivity contribution in [3.8, 4) is 5.75 Å². The summed E-state index contributed by atoms with van der Waals surface area (Å²) >= 11 is 0. The molecule has 0 saturated heterocycles. The highest BCUT2D eigenvalue weighted by atomic mass is 16.5. The van der Waals surface area contributed by atoms with Gasteiger partial charge >= 0.3 is 0 Å². The zero-order valence-corrected chi connectivity index (χ0v) is 17.8. The fourth-order valence-electron chi connectivity index (χ4n) is 4.63. The number of aromatic amines is 1. The Morgan fingerprint density at radius 3 is 2.66 bits per heavy atom. The Balaban J connectivity index is 1.20. The quantitative estimate of drug-likeness (QED) is 0.603. The molecule has 0 radical (unpaired) electrons. The lowest BCUT2D eigenvalue weighted by molar-refractivity contribution is -0.122. The molecule has 2 atom stereocenters. The van der Waals surface area contributed by atoms with E-state index in [1.54, 1.807) is 30.5 Å². The van der Waals surface area contributed by atoms with Gasteiger partial charge in [0.05, 0.1) is 22.8 Å². The molecule has 0 unspecified atom stereocenters. The molecule has 0 spiro atoms. The Labute approximate surface area is 184 Å². The standard InChI is InChI=1S/C24H24N4O4/c1-14-19-12-25-27-20(19)9-10-21(14)32-16-6-4-5-15(11-16)26-22(29)13-28-23(30)17-7-2-3-8-18(17)24(28)31/h2-3,7-10,12,15-16H,4-6,11,13H2,1H3,(H,25,27)(H,26,29)/t15-,16+/m0/s1. The van der Waals surface area contributed by atoms with E-state index in [1.165, 1.54) is 0 Å². The van der Waals surface area contributed by atoms with E-state index >= 15 is 0 Å². The normalized spacial score (nSPS) is 20.5. The largest absolute Gasteiger partial charge is 0.490 e. The summed E-state index contributed by atoms with van der Waals surface area (Å²) in [5.41, 5.74) is 2.70. The number of benzene rings is 2. The van der Waals surface area contributed by atoms with Crippen LogP contribution < -0.4 is 10.1 Å². The number of nitrogens with one attached hydrogen (secondary N) is 2. The highest BCUT2D eigenvalue weighted by Gasteiger charge is 2.36. The summed E-state index contributed by atoms with van der Waals surface area (Å²) in [6.07, 6.45) is 5.13. The Hall–Kier alpha value is -3.68. The van der Waals surface area contributed by atoms with Gasteiger partial charge in [-0.3, -0.25) is 24.4 Å². The number of aromatic nitrogens is 2. The van der Waals surface area contributed by atoms with Crippen LogP contribution in [0.25, 0.3) is 10.9 Å². The highest BCUT2D eigenvalue weighted by Crippen LogP contribution is 2.30. The van der Waals surface area contributed by atoms with Gasteiger partial charge in [0.15, 0.2) is 0 Å².